The molecule has 27 heavy (non-hydrogen) atoms. The van der Waals surface area contributed by atoms with Gasteiger partial charge in [-0.25, -0.2) is 8.42 Å². The van der Waals surface area contributed by atoms with Gasteiger partial charge in [-0.05, 0) is 42.2 Å². The Hall–Kier alpha value is -1.83. The van der Waals surface area contributed by atoms with Crippen molar-refractivity contribution in [1.29, 1.82) is 0 Å². The van der Waals surface area contributed by atoms with E-state index in [9.17, 15) is 13.2 Å². The molecule has 2 aromatic carbocycles. The number of para-hydroxylation sites is 1. The van der Waals surface area contributed by atoms with Crippen LogP contribution in [0.5, 0.6) is 0 Å². The van der Waals surface area contributed by atoms with E-state index in [-0.39, 0.29) is 16.7 Å². The number of hydrogen-bond donors (Lipinski definition) is 1. The fourth-order valence-electron chi connectivity index (χ4n) is 2.96. The van der Waals surface area contributed by atoms with E-state index >= 15 is 0 Å². The average Bonchev–Trinajstić information content (AvgIpc) is 3.19. The van der Waals surface area contributed by atoms with Gasteiger partial charge in [-0.2, -0.15) is 4.31 Å². The normalized spacial score (nSPS) is 19.0. The predicted octanol–water partition coefficient (Wildman–Crippen LogP) is 3.90. The summed E-state index contributed by atoms with van der Waals surface area (Å²) in [5.41, 5.74) is 1.78. The number of amides is 1. The summed E-state index contributed by atoms with van der Waals surface area (Å²) in [6.45, 7) is 4.22. The number of carbonyl (C=O) groups excluding carboxylic acids is 1. The second kappa shape index (κ2) is 8.46. The molecular weight excluding hydrogens is 380 g/mol. The zero-order valence-electron chi connectivity index (χ0n) is 15.5. The van der Waals surface area contributed by atoms with Crippen molar-refractivity contribution in [2.75, 3.05) is 16.9 Å². The average molecular weight is 405 g/mol. The van der Waals surface area contributed by atoms with Crippen LogP contribution in [0.4, 0.5) is 5.69 Å². The van der Waals surface area contributed by atoms with Crippen molar-refractivity contribution in [3.63, 3.8) is 0 Å². The molecule has 3 rings (SSSR count). The molecule has 5 nitrogen and oxygen atoms in total. The van der Waals surface area contributed by atoms with Gasteiger partial charge in [-0.1, -0.05) is 44.2 Å². The summed E-state index contributed by atoms with van der Waals surface area (Å²) in [6.07, 6.45) is 0.997. The Kier molecular flexibility index (Phi) is 6.24. The van der Waals surface area contributed by atoms with Gasteiger partial charge < -0.3 is 5.32 Å². The largest absolute Gasteiger partial charge is 0.325 e. The van der Waals surface area contributed by atoms with Gasteiger partial charge in [-0.3, -0.25) is 4.79 Å². The van der Waals surface area contributed by atoms with E-state index < -0.39 is 16.1 Å². The van der Waals surface area contributed by atoms with Crippen LogP contribution in [0.3, 0.4) is 0 Å². The van der Waals surface area contributed by atoms with Gasteiger partial charge in [-0.15, -0.1) is 11.8 Å². The highest BCUT2D eigenvalue weighted by molar-refractivity contribution is 8.00. The molecule has 1 N–H and O–H groups in total. The number of hydrogen-bond acceptors (Lipinski definition) is 4. The lowest BCUT2D eigenvalue weighted by Crippen LogP contribution is -2.44. The zero-order valence-corrected chi connectivity index (χ0v) is 17.1. The standard InChI is InChI=1S/C20H24N2O3S2/c1-3-15(2)16-9-11-18(12-10-16)27(24,25)22-14-26-13-19(22)20(23)21-17-7-5-4-6-8-17/h4-12,15,19H,3,13-14H2,1-2H3,(H,21,23)/t15-,19-/m1/s1. The number of nitrogens with one attached hydrogen (secondary N) is 1. The molecule has 1 saturated heterocycles. The lowest BCUT2D eigenvalue weighted by Gasteiger charge is -2.23. The maximum absolute atomic E-state index is 13.1. The number of anilines is 1. The Morgan fingerprint density at radius 2 is 1.85 bits per heavy atom. The topological polar surface area (TPSA) is 66.5 Å². The minimum Gasteiger partial charge on any atom is -0.325 e. The second-order valence-electron chi connectivity index (χ2n) is 6.64. The SMILES string of the molecule is CC[C@@H](C)c1ccc(S(=O)(=O)N2CSC[C@@H]2C(=O)Nc2ccccc2)cc1. The summed E-state index contributed by atoms with van der Waals surface area (Å²) in [5.74, 6) is 0.810. The van der Waals surface area contributed by atoms with Gasteiger partial charge in [0.2, 0.25) is 15.9 Å². The maximum Gasteiger partial charge on any atom is 0.244 e. The van der Waals surface area contributed by atoms with Crippen LogP contribution >= 0.6 is 11.8 Å². The van der Waals surface area contributed by atoms with E-state index in [4.69, 9.17) is 0 Å². The molecule has 0 unspecified atom stereocenters. The van der Waals surface area contributed by atoms with Crippen LogP contribution in [0.1, 0.15) is 31.7 Å². The van der Waals surface area contributed by atoms with Crippen LogP contribution < -0.4 is 5.32 Å². The van der Waals surface area contributed by atoms with Crippen molar-refractivity contribution >= 4 is 33.4 Å². The van der Waals surface area contributed by atoms with Gasteiger partial charge in [0, 0.05) is 11.4 Å². The smallest absolute Gasteiger partial charge is 0.244 e. The summed E-state index contributed by atoms with van der Waals surface area (Å²) in [7, 11) is -3.72. The van der Waals surface area contributed by atoms with Crippen molar-refractivity contribution in [1.82, 2.24) is 4.31 Å². The van der Waals surface area contributed by atoms with Gasteiger partial charge in [0.1, 0.15) is 6.04 Å². The first-order chi connectivity index (χ1) is 12.9. The monoisotopic (exact) mass is 404 g/mol. The molecule has 1 fully saturated rings. The minimum atomic E-state index is -3.72. The number of benzene rings is 2. The number of rotatable bonds is 6. The molecule has 1 aliphatic rings. The zero-order chi connectivity index (χ0) is 19.4. The summed E-state index contributed by atoms with van der Waals surface area (Å²) in [6, 6.07) is 15.4. The van der Waals surface area contributed by atoms with E-state index in [1.807, 2.05) is 30.3 Å². The molecule has 0 aromatic heterocycles. The van der Waals surface area contributed by atoms with Crippen molar-refractivity contribution < 1.29 is 13.2 Å². The highest BCUT2D eigenvalue weighted by Gasteiger charge is 2.40. The van der Waals surface area contributed by atoms with Crippen LogP contribution in [0.15, 0.2) is 59.5 Å². The Balaban J connectivity index is 1.79. The molecule has 0 spiro atoms. The van der Waals surface area contributed by atoms with Gasteiger partial charge >= 0.3 is 0 Å². The van der Waals surface area contributed by atoms with E-state index in [2.05, 4.69) is 19.2 Å². The lowest BCUT2D eigenvalue weighted by molar-refractivity contribution is -0.118. The molecule has 7 heteroatoms. The van der Waals surface area contributed by atoms with Gasteiger partial charge in [0.15, 0.2) is 0 Å². The molecule has 2 atom stereocenters. The van der Waals surface area contributed by atoms with Crippen LogP contribution in [0.2, 0.25) is 0 Å². The third-order valence-corrected chi connectivity index (χ3v) is 7.90. The van der Waals surface area contributed by atoms with E-state index in [1.54, 1.807) is 24.3 Å². The summed E-state index contributed by atoms with van der Waals surface area (Å²) < 4.78 is 27.5. The first kappa shape index (κ1) is 19.9. The molecule has 0 saturated carbocycles. The fourth-order valence-corrected chi connectivity index (χ4v) is 6.11. The van der Waals surface area contributed by atoms with Gasteiger partial charge in [0.25, 0.3) is 0 Å². The second-order valence-corrected chi connectivity index (χ2v) is 9.53. The highest BCUT2D eigenvalue weighted by Crippen LogP contribution is 2.30. The van der Waals surface area contributed by atoms with Crippen LogP contribution in [-0.4, -0.2) is 36.3 Å². The number of nitrogens with zero attached hydrogens (tertiary/aromatic N) is 1. The molecule has 1 amide bonds. The summed E-state index contributed by atoms with van der Waals surface area (Å²) in [5, 5.41) is 2.81. The summed E-state index contributed by atoms with van der Waals surface area (Å²) >= 11 is 1.45. The van der Waals surface area contributed by atoms with Gasteiger partial charge in [0.05, 0.1) is 10.8 Å². The fraction of sp³-hybridized carbons (Fsp3) is 0.350. The van der Waals surface area contributed by atoms with E-state index in [0.29, 0.717) is 17.4 Å². The lowest BCUT2D eigenvalue weighted by atomic mass is 9.99. The minimum absolute atomic E-state index is 0.231. The van der Waals surface area contributed by atoms with Crippen LogP contribution in [-0.2, 0) is 14.8 Å². The Bertz CT molecular complexity index is 883. The number of sulfonamides is 1. The van der Waals surface area contributed by atoms with Crippen molar-refractivity contribution in [3.8, 4) is 0 Å². The predicted molar refractivity (Wildman–Crippen MR) is 110 cm³/mol. The molecule has 1 aliphatic heterocycles. The molecule has 0 radical (unpaired) electrons. The third kappa shape index (κ3) is 4.36. The van der Waals surface area contributed by atoms with Crippen LogP contribution in [0, 0.1) is 0 Å². The maximum atomic E-state index is 13.1. The van der Waals surface area contributed by atoms with Crippen molar-refractivity contribution in [3.05, 3.63) is 60.2 Å². The van der Waals surface area contributed by atoms with Crippen molar-refractivity contribution in [2.45, 2.75) is 37.1 Å². The first-order valence-electron chi connectivity index (χ1n) is 8.99. The molecule has 2 aromatic rings. The Morgan fingerprint density at radius 3 is 2.48 bits per heavy atom. The number of thioether (sulfide) groups is 1. The Labute approximate surface area is 165 Å². The molecule has 0 bridgehead atoms. The molecule has 144 valence electrons. The third-order valence-electron chi connectivity index (χ3n) is 4.85. The van der Waals surface area contributed by atoms with E-state index in [1.165, 1.54) is 16.1 Å². The molecule has 1 heterocycles. The van der Waals surface area contributed by atoms with Crippen LogP contribution in [0.25, 0.3) is 0 Å². The Morgan fingerprint density at radius 1 is 1.19 bits per heavy atom. The molecule has 0 aliphatic carbocycles. The quantitative estimate of drug-likeness (QED) is 0.793. The van der Waals surface area contributed by atoms with E-state index in [0.717, 1.165) is 12.0 Å². The highest BCUT2D eigenvalue weighted by atomic mass is 32.2. The summed E-state index contributed by atoms with van der Waals surface area (Å²) in [4.78, 5) is 12.9. The molecular formula is C20H24N2O3S2. The first-order valence-corrected chi connectivity index (χ1v) is 11.6. The van der Waals surface area contributed by atoms with Crippen molar-refractivity contribution in [2.24, 2.45) is 0 Å². The number of carbonyl (C=O) groups is 1.